The zero-order chi connectivity index (χ0) is 23.9. The molecule has 3 N–H and O–H groups in total. The summed E-state index contributed by atoms with van der Waals surface area (Å²) in [5.41, 5.74) is 8.21. The Kier molecular flexibility index (Phi) is 8.21. The number of piperidine rings is 1. The van der Waals surface area contributed by atoms with Gasteiger partial charge in [0.05, 0.1) is 11.4 Å². The molecule has 0 aliphatic carbocycles. The Morgan fingerprint density at radius 3 is 2.62 bits per heavy atom. The van der Waals surface area contributed by atoms with Crippen LogP contribution in [0.3, 0.4) is 0 Å². The molecule has 2 aromatic carbocycles. The van der Waals surface area contributed by atoms with Crippen molar-refractivity contribution in [2.45, 2.75) is 24.4 Å². The van der Waals surface area contributed by atoms with Crippen molar-refractivity contribution in [1.29, 1.82) is 0 Å². The molecule has 0 saturated carbocycles. The number of nitrogens with one attached hydrogen (secondary N) is 1. The van der Waals surface area contributed by atoms with Crippen LogP contribution in [0.4, 0.5) is 5.69 Å². The van der Waals surface area contributed by atoms with E-state index in [2.05, 4.69) is 20.4 Å². The van der Waals surface area contributed by atoms with Gasteiger partial charge in [-0.05, 0) is 68.2 Å². The molecular formula is C24H27ClN6O2S. The highest BCUT2D eigenvalue weighted by Gasteiger charge is 2.22. The first-order valence-electron chi connectivity index (χ1n) is 11.2. The van der Waals surface area contributed by atoms with E-state index in [9.17, 15) is 9.59 Å². The Morgan fingerprint density at radius 2 is 1.91 bits per heavy atom. The van der Waals surface area contributed by atoms with Gasteiger partial charge in [-0.25, -0.2) is 0 Å². The molecule has 1 aliphatic rings. The van der Waals surface area contributed by atoms with E-state index in [-0.39, 0.29) is 23.5 Å². The Balaban J connectivity index is 1.22. The molecule has 3 aromatic rings. The molecule has 1 saturated heterocycles. The average molecular weight is 499 g/mol. The van der Waals surface area contributed by atoms with Crippen LogP contribution in [-0.2, 0) is 16.0 Å². The predicted octanol–water partition coefficient (Wildman–Crippen LogP) is 3.39. The number of carbonyl (C=O) groups excluding carboxylic acids is 2. The summed E-state index contributed by atoms with van der Waals surface area (Å²) < 4.78 is 1.80. The molecule has 0 spiro atoms. The fourth-order valence-electron chi connectivity index (χ4n) is 3.94. The highest BCUT2D eigenvalue weighted by Crippen LogP contribution is 2.22. The summed E-state index contributed by atoms with van der Waals surface area (Å²) >= 11 is 7.39. The van der Waals surface area contributed by atoms with Crippen LogP contribution in [0, 0.1) is 5.92 Å². The standard InChI is InChI=1S/C24H27ClN6O2S/c25-19-2-1-3-21(14-19)31-16-27-29-24(31)34-15-22(32)28-20-6-4-17(5-7-20)8-11-30-12-9-18(10-13-30)23(26)33/h1-7,14,16,18H,8-13,15H2,(H2,26,33)(H,28,32). The molecule has 1 aliphatic heterocycles. The number of halogens is 1. The highest BCUT2D eigenvalue weighted by atomic mass is 35.5. The fraction of sp³-hybridized carbons (Fsp3) is 0.333. The first-order valence-corrected chi connectivity index (χ1v) is 12.5. The molecule has 1 fully saturated rings. The van der Waals surface area contributed by atoms with Gasteiger partial charge in [-0.15, -0.1) is 10.2 Å². The molecule has 1 aromatic heterocycles. The summed E-state index contributed by atoms with van der Waals surface area (Å²) in [5, 5.41) is 12.2. The van der Waals surface area contributed by atoms with Crippen LogP contribution in [0.15, 0.2) is 60.0 Å². The van der Waals surface area contributed by atoms with Crippen molar-refractivity contribution >= 4 is 40.9 Å². The molecule has 2 heterocycles. The fourth-order valence-corrected chi connectivity index (χ4v) is 4.85. The van der Waals surface area contributed by atoms with Crippen LogP contribution in [0.25, 0.3) is 5.69 Å². The third-order valence-electron chi connectivity index (χ3n) is 5.88. The summed E-state index contributed by atoms with van der Waals surface area (Å²) in [7, 11) is 0. The SMILES string of the molecule is NC(=O)C1CCN(CCc2ccc(NC(=O)CSc3nncn3-c3cccc(Cl)c3)cc2)CC1. The second kappa shape index (κ2) is 11.5. The van der Waals surface area contributed by atoms with Gasteiger partial charge in [0.1, 0.15) is 6.33 Å². The van der Waals surface area contributed by atoms with E-state index in [0.29, 0.717) is 10.2 Å². The van der Waals surface area contributed by atoms with Crippen molar-refractivity contribution < 1.29 is 9.59 Å². The van der Waals surface area contributed by atoms with Gasteiger partial charge in [-0.1, -0.05) is 41.6 Å². The van der Waals surface area contributed by atoms with Crippen LogP contribution in [0.2, 0.25) is 5.02 Å². The highest BCUT2D eigenvalue weighted by molar-refractivity contribution is 7.99. The van der Waals surface area contributed by atoms with Crippen molar-refractivity contribution in [1.82, 2.24) is 19.7 Å². The van der Waals surface area contributed by atoms with Gasteiger partial charge in [-0.2, -0.15) is 0 Å². The molecule has 34 heavy (non-hydrogen) atoms. The predicted molar refractivity (Wildman–Crippen MR) is 134 cm³/mol. The van der Waals surface area contributed by atoms with Crippen LogP contribution in [0.5, 0.6) is 0 Å². The third-order valence-corrected chi connectivity index (χ3v) is 7.06. The molecule has 0 atom stereocenters. The van der Waals surface area contributed by atoms with Crippen molar-refractivity contribution in [3.8, 4) is 5.69 Å². The van der Waals surface area contributed by atoms with Gasteiger partial charge in [0, 0.05) is 23.2 Å². The summed E-state index contributed by atoms with van der Waals surface area (Å²) in [6, 6.07) is 15.3. The van der Waals surface area contributed by atoms with E-state index in [0.717, 1.165) is 50.3 Å². The first kappa shape index (κ1) is 24.3. The number of aromatic nitrogens is 3. The Morgan fingerprint density at radius 1 is 1.15 bits per heavy atom. The maximum atomic E-state index is 12.5. The number of carbonyl (C=O) groups is 2. The second-order valence-corrected chi connectivity index (χ2v) is 9.64. The lowest BCUT2D eigenvalue weighted by atomic mass is 9.96. The molecule has 0 unspecified atom stereocenters. The second-order valence-electron chi connectivity index (χ2n) is 8.27. The average Bonchev–Trinajstić information content (AvgIpc) is 3.31. The quantitative estimate of drug-likeness (QED) is 0.438. The number of hydrogen-bond acceptors (Lipinski definition) is 6. The number of thioether (sulfide) groups is 1. The molecule has 0 radical (unpaired) electrons. The summed E-state index contributed by atoms with van der Waals surface area (Å²) in [6.07, 6.45) is 4.20. The van der Waals surface area contributed by atoms with E-state index in [4.69, 9.17) is 17.3 Å². The van der Waals surface area contributed by atoms with E-state index >= 15 is 0 Å². The maximum Gasteiger partial charge on any atom is 0.234 e. The minimum atomic E-state index is -0.182. The zero-order valence-electron chi connectivity index (χ0n) is 18.7. The molecule has 0 bridgehead atoms. The van der Waals surface area contributed by atoms with Crippen molar-refractivity contribution in [3.05, 3.63) is 65.4 Å². The molecule has 2 amide bonds. The number of hydrogen-bond donors (Lipinski definition) is 2. The number of rotatable bonds is 9. The van der Waals surface area contributed by atoms with Gasteiger partial charge in [0.2, 0.25) is 11.8 Å². The smallest absolute Gasteiger partial charge is 0.234 e. The van der Waals surface area contributed by atoms with Crippen molar-refractivity contribution in [2.75, 3.05) is 30.7 Å². The minimum absolute atomic E-state index is 0.0190. The maximum absolute atomic E-state index is 12.5. The van der Waals surface area contributed by atoms with E-state index < -0.39 is 0 Å². The van der Waals surface area contributed by atoms with Gasteiger partial charge in [0.15, 0.2) is 5.16 Å². The number of benzene rings is 2. The van der Waals surface area contributed by atoms with Gasteiger partial charge in [0.25, 0.3) is 0 Å². The van der Waals surface area contributed by atoms with Crippen molar-refractivity contribution in [2.24, 2.45) is 11.7 Å². The number of anilines is 1. The van der Waals surface area contributed by atoms with E-state index in [1.807, 2.05) is 42.5 Å². The number of nitrogens with two attached hydrogens (primary N) is 1. The summed E-state index contributed by atoms with van der Waals surface area (Å²) in [5.74, 6) is -0.0673. The molecular weight excluding hydrogens is 472 g/mol. The van der Waals surface area contributed by atoms with E-state index in [1.54, 1.807) is 17.0 Å². The summed E-state index contributed by atoms with van der Waals surface area (Å²) in [6.45, 7) is 2.76. The van der Waals surface area contributed by atoms with Gasteiger partial charge < -0.3 is 16.0 Å². The van der Waals surface area contributed by atoms with Crippen LogP contribution >= 0.6 is 23.4 Å². The molecule has 178 valence electrons. The van der Waals surface area contributed by atoms with Gasteiger partial charge >= 0.3 is 0 Å². The van der Waals surface area contributed by atoms with Crippen LogP contribution < -0.4 is 11.1 Å². The number of nitrogens with zero attached hydrogens (tertiary/aromatic N) is 4. The van der Waals surface area contributed by atoms with Crippen molar-refractivity contribution in [3.63, 3.8) is 0 Å². The van der Waals surface area contributed by atoms with Gasteiger partial charge in [-0.3, -0.25) is 14.2 Å². The van der Waals surface area contributed by atoms with Crippen LogP contribution in [0.1, 0.15) is 18.4 Å². The molecule has 10 heteroatoms. The van der Waals surface area contributed by atoms with E-state index in [1.165, 1.54) is 17.3 Å². The van der Waals surface area contributed by atoms with Crippen LogP contribution in [-0.4, -0.2) is 56.9 Å². The molecule has 4 rings (SSSR count). The Hall–Kier alpha value is -2.88. The lowest BCUT2D eigenvalue weighted by Crippen LogP contribution is -2.39. The summed E-state index contributed by atoms with van der Waals surface area (Å²) in [4.78, 5) is 26.1. The Bertz CT molecular complexity index is 1130. The molecule has 8 nitrogen and oxygen atoms in total. The Labute approximate surface area is 207 Å². The number of amides is 2. The number of primary amides is 1. The first-order chi connectivity index (χ1) is 16.5. The lowest BCUT2D eigenvalue weighted by Gasteiger charge is -2.30. The zero-order valence-corrected chi connectivity index (χ0v) is 20.3. The lowest BCUT2D eigenvalue weighted by molar-refractivity contribution is -0.123. The monoisotopic (exact) mass is 498 g/mol. The largest absolute Gasteiger partial charge is 0.369 e. The minimum Gasteiger partial charge on any atom is -0.369 e. The number of likely N-dealkylation sites (tertiary alicyclic amines) is 1. The third kappa shape index (κ3) is 6.59. The topological polar surface area (TPSA) is 106 Å². The normalized spacial score (nSPS) is 14.7.